The molecule has 4 rings (SSSR count). The van der Waals surface area contributed by atoms with Crippen LogP contribution in [-0.2, 0) is 9.59 Å². The fourth-order valence-electron chi connectivity index (χ4n) is 4.20. The number of nitrogens with zero attached hydrogens (tertiary/aromatic N) is 1. The predicted molar refractivity (Wildman–Crippen MR) is 61.3 cm³/mol. The zero-order chi connectivity index (χ0) is 12.3. The maximum atomic E-state index is 11.5. The molecular weight excluding hydrogens is 218 g/mol. The summed E-state index contributed by atoms with van der Waals surface area (Å²) in [4.78, 5) is 24.7. The van der Waals surface area contributed by atoms with Crippen molar-refractivity contribution in [2.45, 2.75) is 39.0 Å². The van der Waals surface area contributed by atoms with Crippen LogP contribution in [0.3, 0.4) is 0 Å². The van der Waals surface area contributed by atoms with Crippen LogP contribution in [0.15, 0.2) is 0 Å². The highest BCUT2D eigenvalue weighted by Crippen LogP contribution is 2.65. The van der Waals surface area contributed by atoms with Gasteiger partial charge in [0.05, 0.1) is 5.41 Å². The smallest absolute Gasteiger partial charge is 0.311 e. The summed E-state index contributed by atoms with van der Waals surface area (Å²) in [6.45, 7) is 2.77. The Kier molecular flexibility index (Phi) is 2.11. The molecule has 94 valence electrons. The number of carbonyl (C=O) groups is 2. The first kappa shape index (κ1) is 11.1. The quantitative estimate of drug-likeness (QED) is 0.791. The number of piperidine rings is 2. The summed E-state index contributed by atoms with van der Waals surface area (Å²) in [7, 11) is 0. The van der Waals surface area contributed by atoms with Gasteiger partial charge >= 0.3 is 5.97 Å². The van der Waals surface area contributed by atoms with Crippen LogP contribution in [-0.4, -0.2) is 35.0 Å². The average Bonchev–Trinajstić information content (AvgIpc) is 2.12. The summed E-state index contributed by atoms with van der Waals surface area (Å²) in [6.07, 6.45) is 5.31. The Balaban J connectivity index is 1.85. The number of fused-ring (bicyclic) bond motifs is 2. The van der Waals surface area contributed by atoms with Gasteiger partial charge in [-0.1, -0.05) is 6.42 Å². The van der Waals surface area contributed by atoms with E-state index in [1.54, 1.807) is 11.8 Å². The fraction of sp³-hybridized carbons (Fsp3) is 0.846. The molecule has 4 nitrogen and oxygen atoms in total. The minimum Gasteiger partial charge on any atom is -0.481 e. The van der Waals surface area contributed by atoms with Gasteiger partial charge in [-0.3, -0.25) is 9.59 Å². The van der Waals surface area contributed by atoms with E-state index in [-0.39, 0.29) is 11.3 Å². The summed E-state index contributed by atoms with van der Waals surface area (Å²) < 4.78 is 0. The van der Waals surface area contributed by atoms with Crippen LogP contribution in [0.5, 0.6) is 0 Å². The molecule has 2 saturated carbocycles. The van der Waals surface area contributed by atoms with Crippen LogP contribution in [0.4, 0.5) is 0 Å². The second-order valence-corrected chi connectivity index (χ2v) is 6.30. The zero-order valence-electron chi connectivity index (χ0n) is 10.2. The lowest BCUT2D eigenvalue weighted by atomic mass is 9.43. The van der Waals surface area contributed by atoms with Crippen molar-refractivity contribution in [2.24, 2.45) is 16.7 Å². The molecule has 0 radical (unpaired) electrons. The Morgan fingerprint density at radius 3 is 2.29 bits per heavy atom. The van der Waals surface area contributed by atoms with Gasteiger partial charge in [-0.15, -0.1) is 0 Å². The first-order valence-corrected chi connectivity index (χ1v) is 6.46. The van der Waals surface area contributed by atoms with Crippen molar-refractivity contribution in [1.82, 2.24) is 4.90 Å². The van der Waals surface area contributed by atoms with E-state index in [2.05, 4.69) is 0 Å². The molecule has 2 aliphatic carbocycles. The number of carboxylic acid groups (broad SMARTS) is 1. The van der Waals surface area contributed by atoms with Gasteiger partial charge in [0.25, 0.3) is 0 Å². The number of carboxylic acids is 1. The molecule has 0 spiro atoms. The Morgan fingerprint density at radius 1 is 1.24 bits per heavy atom. The van der Waals surface area contributed by atoms with Crippen molar-refractivity contribution >= 4 is 11.9 Å². The van der Waals surface area contributed by atoms with Crippen LogP contribution in [0, 0.1) is 16.7 Å². The third-order valence-corrected chi connectivity index (χ3v) is 5.25. The van der Waals surface area contributed by atoms with Gasteiger partial charge in [-0.05, 0) is 37.0 Å². The molecule has 4 fully saturated rings. The zero-order valence-corrected chi connectivity index (χ0v) is 10.2. The van der Waals surface area contributed by atoms with E-state index in [1.165, 1.54) is 19.3 Å². The maximum absolute atomic E-state index is 11.5. The van der Waals surface area contributed by atoms with E-state index in [0.29, 0.717) is 12.5 Å². The maximum Gasteiger partial charge on any atom is 0.311 e. The van der Waals surface area contributed by atoms with Gasteiger partial charge in [-0.2, -0.15) is 0 Å². The second-order valence-electron chi connectivity index (χ2n) is 6.30. The van der Waals surface area contributed by atoms with E-state index in [9.17, 15) is 14.7 Å². The number of hydrogen-bond donors (Lipinski definition) is 1. The Hall–Kier alpha value is -1.06. The van der Waals surface area contributed by atoms with E-state index >= 15 is 0 Å². The largest absolute Gasteiger partial charge is 0.481 e. The van der Waals surface area contributed by atoms with Gasteiger partial charge in [0, 0.05) is 20.0 Å². The molecule has 17 heavy (non-hydrogen) atoms. The minimum atomic E-state index is -0.710. The van der Waals surface area contributed by atoms with Crippen molar-refractivity contribution in [3.8, 4) is 0 Å². The summed E-state index contributed by atoms with van der Waals surface area (Å²) >= 11 is 0. The van der Waals surface area contributed by atoms with Crippen molar-refractivity contribution in [1.29, 1.82) is 0 Å². The highest BCUT2D eigenvalue weighted by Gasteiger charge is 2.66. The Bertz CT molecular complexity index is 375. The van der Waals surface area contributed by atoms with Crippen molar-refractivity contribution in [3.63, 3.8) is 0 Å². The van der Waals surface area contributed by atoms with Crippen LogP contribution in [0.25, 0.3) is 0 Å². The summed E-state index contributed by atoms with van der Waals surface area (Å²) in [5.74, 6) is -0.0192. The molecule has 0 aromatic carbocycles. The molecule has 2 aliphatic heterocycles. The van der Waals surface area contributed by atoms with Gasteiger partial charge in [0.1, 0.15) is 0 Å². The van der Waals surface area contributed by atoms with E-state index in [1.807, 2.05) is 0 Å². The summed E-state index contributed by atoms with van der Waals surface area (Å²) in [5, 5.41) is 9.38. The molecule has 0 aromatic rings. The van der Waals surface area contributed by atoms with Crippen LogP contribution >= 0.6 is 0 Å². The molecule has 2 bridgehead atoms. The lowest BCUT2D eigenvalue weighted by molar-refractivity contribution is -0.204. The van der Waals surface area contributed by atoms with Gasteiger partial charge in [0.2, 0.25) is 5.91 Å². The van der Waals surface area contributed by atoms with E-state index in [0.717, 1.165) is 19.4 Å². The highest BCUT2D eigenvalue weighted by molar-refractivity contribution is 5.80. The molecule has 4 aliphatic rings. The average molecular weight is 237 g/mol. The van der Waals surface area contributed by atoms with Crippen molar-refractivity contribution < 1.29 is 14.7 Å². The molecule has 1 N–H and O–H groups in total. The number of aliphatic carboxylic acids is 1. The molecule has 0 unspecified atom stereocenters. The summed E-state index contributed by atoms with van der Waals surface area (Å²) in [6, 6.07) is 0. The minimum absolute atomic E-state index is 0.0266. The molecular formula is C13H19NO3. The molecule has 4 heteroatoms. The summed E-state index contributed by atoms with van der Waals surface area (Å²) in [5.41, 5.74) is -0.486. The lowest BCUT2D eigenvalue weighted by Gasteiger charge is -2.65. The third kappa shape index (κ3) is 1.36. The number of amides is 1. The predicted octanol–water partition coefficient (Wildman–Crippen LogP) is 1.50. The van der Waals surface area contributed by atoms with E-state index in [4.69, 9.17) is 0 Å². The SMILES string of the molecule is CC(=O)N1CC2(C(=O)O)CC(C3CCC3)(C1)C2. The Labute approximate surface area is 101 Å². The van der Waals surface area contributed by atoms with Crippen molar-refractivity contribution in [3.05, 3.63) is 0 Å². The molecule has 2 saturated heterocycles. The van der Waals surface area contributed by atoms with Gasteiger partial charge in [-0.25, -0.2) is 0 Å². The Morgan fingerprint density at radius 2 is 1.88 bits per heavy atom. The van der Waals surface area contributed by atoms with Gasteiger partial charge < -0.3 is 10.0 Å². The van der Waals surface area contributed by atoms with Crippen LogP contribution < -0.4 is 0 Å². The van der Waals surface area contributed by atoms with Crippen LogP contribution in [0.1, 0.15) is 39.0 Å². The normalized spacial score (nSPS) is 40.4. The molecule has 0 atom stereocenters. The van der Waals surface area contributed by atoms with Crippen LogP contribution in [0.2, 0.25) is 0 Å². The number of rotatable bonds is 2. The second kappa shape index (κ2) is 3.24. The topological polar surface area (TPSA) is 57.6 Å². The first-order valence-electron chi connectivity index (χ1n) is 6.46. The monoisotopic (exact) mass is 237 g/mol. The lowest BCUT2D eigenvalue weighted by Crippen LogP contribution is -2.69. The molecule has 1 amide bonds. The van der Waals surface area contributed by atoms with Gasteiger partial charge in [0.15, 0.2) is 0 Å². The number of carbonyl (C=O) groups excluding carboxylic acids is 1. The first-order chi connectivity index (χ1) is 7.97. The molecule has 0 aromatic heterocycles. The standard InChI is InChI=1S/C13H19NO3/c1-9(15)14-7-12(10-3-2-4-10)5-13(6-12,8-14)11(16)17/h10H,2-8H2,1H3,(H,16,17). The van der Waals surface area contributed by atoms with E-state index < -0.39 is 11.4 Å². The highest BCUT2D eigenvalue weighted by atomic mass is 16.4. The third-order valence-electron chi connectivity index (χ3n) is 5.25. The molecule has 2 heterocycles. The fourth-order valence-corrected chi connectivity index (χ4v) is 4.20. The number of hydrogen-bond acceptors (Lipinski definition) is 2. The van der Waals surface area contributed by atoms with Crippen molar-refractivity contribution in [2.75, 3.05) is 13.1 Å².